The van der Waals surface area contributed by atoms with Gasteiger partial charge in [0.15, 0.2) is 0 Å². The number of aryl methyl sites for hydroxylation is 2. The first-order valence-electron chi connectivity index (χ1n) is 9.66. The second-order valence-corrected chi connectivity index (χ2v) is 8.87. The predicted octanol–water partition coefficient (Wildman–Crippen LogP) is 3.64. The molecule has 1 amide bonds. The molecule has 152 valence electrons. The summed E-state index contributed by atoms with van der Waals surface area (Å²) in [5.74, 6) is 1.61. The molecule has 0 radical (unpaired) electrons. The minimum absolute atomic E-state index is 0.0811. The van der Waals surface area contributed by atoms with Gasteiger partial charge in [0.05, 0.1) is 10.3 Å². The van der Waals surface area contributed by atoms with Crippen LogP contribution in [0.15, 0.2) is 24.3 Å². The van der Waals surface area contributed by atoms with E-state index < -0.39 is 0 Å². The number of amides is 1. The highest BCUT2D eigenvalue weighted by Gasteiger charge is 2.24. The van der Waals surface area contributed by atoms with E-state index in [4.69, 9.17) is 16.6 Å². The maximum atomic E-state index is 12.9. The fraction of sp³-hybridized carbons (Fsp3) is 0.381. The molecule has 1 N–H and O–H groups in total. The van der Waals surface area contributed by atoms with E-state index in [0.717, 1.165) is 59.2 Å². The Morgan fingerprint density at radius 2 is 1.83 bits per heavy atom. The normalized spacial score (nSPS) is 15.1. The van der Waals surface area contributed by atoms with E-state index in [1.807, 2.05) is 38.1 Å². The number of benzene rings is 1. The summed E-state index contributed by atoms with van der Waals surface area (Å²) in [7, 11) is 2.14. The van der Waals surface area contributed by atoms with Crippen molar-refractivity contribution in [1.82, 2.24) is 20.2 Å². The average Bonchev–Trinajstić information content (AvgIpc) is 3.03. The van der Waals surface area contributed by atoms with Gasteiger partial charge in [0.25, 0.3) is 5.91 Å². The summed E-state index contributed by atoms with van der Waals surface area (Å²) in [6.07, 6.45) is 0. The van der Waals surface area contributed by atoms with Gasteiger partial charge < -0.3 is 15.1 Å². The van der Waals surface area contributed by atoms with E-state index in [1.165, 1.54) is 11.3 Å². The maximum Gasteiger partial charge on any atom is 0.261 e. The molecule has 2 aromatic heterocycles. The number of carbonyl (C=O) groups is 1. The van der Waals surface area contributed by atoms with Crippen molar-refractivity contribution in [2.45, 2.75) is 20.4 Å². The van der Waals surface area contributed by atoms with Crippen LogP contribution in [0.1, 0.15) is 26.6 Å². The summed E-state index contributed by atoms with van der Waals surface area (Å²) < 4.78 is 0. The smallest absolute Gasteiger partial charge is 0.261 e. The molecule has 0 unspecified atom stereocenters. The van der Waals surface area contributed by atoms with Crippen LogP contribution in [0.25, 0.3) is 10.2 Å². The number of carbonyl (C=O) groups excluding carboxylic acids is 1. The monoisotopic (exact) mass is 429 g/mol. The number of rotatable bonds is 4. The Bertz CT molecular complexity index is 1040. The highest BCUT2D eigenvalue weighted by atomic mass is 35.5. The second kappa shape index (κ2) is 8.26. The number of nitrogens with one attached hydrogen (secondary N) is 1. The molecule has 0 spiro atoms. The summed E-state index contributed by atoms with van der Waals surface area (Å²) in [6, 6.07) is 7.49. The third-order valence-electron chi connectivity index (χ3n) is 5.26. The molecular formula is C21H24ClN5OS. The zero-order valence-electron chi connectivity index (χ0n) is 16.8. The average molecular weight is 430 g/mol. The van der Waals surface area contributed by atoms with Crippen LogP contribution in [0.4, 0.5) is 5.82 Å². The number of thiophene rings is 1. The number of nitrogens with zero attached hydrogens (tertiary/aromatic N) is 4. The number of hydrogen-bond acceptors (Lipinski definition) is 6. The van der Waals surface area contributed by atoms with Crippen molar-refractivity contribution in [1.29, 1.82) is 0 Å². The van der Waals surface area contributed by atoms with Crippen LogP contribution in [0.5, 0.6) is 0 Å². The Morgan fingerprint density at radius 1 is 1.14 bits per heavy atom. The number of hydrogen-bond donors (Lipinski definition) is 1. The first-order valence-corrected chi connectivity index (χ1v) is 10.9. The molecule has 3 heterocycles. The molecule has 0 saturated carbocycles. The van der Waals surface area contributed by atoms with E-state index in [-0.39, 0.29) is 5.91 Å². The molecule has 1 saturated heterocycles. The molecule has 0 atom stereocenters. The minimum atomic E-state index is -0.0811. The molecule has 1 aromatic carbocycles. The molecule has 0 bridgehead atoms. The van der Waals surface area contributed by atoms with Gasteiger partial charge >= 0.3 is 0 Å². The van der Waals surface area contributed by atoms with Gasteiger partial charge in [-0.3, -0.25) is 4.79 Å². The lowest BCUT2D eigenvalue weighted by Gasteiger charge is -2.33. The maximum absolute atomic E-state index is 12.9. The largest absolute Gasteiger partial charge is 0.353 e. The van der Waals surface area contributed by atoms with Crippen LogP contribution in [-0.2, 0) is 6.54 Å². The number of anilines is 1. The van der Waals surface area contributed by atoms with Gasteiger partial charge in [0, 0.05) is 37.7 Å². The lowest BCUT2D eigenvalue weighted by atomic mass is 10.1. The number of aromatic nitrogens is 2. The van der Waals surface area contributed by atoms with Crippen molar-refractivity contribution < 1.29 is 4.79 Å². The molecule has 1 aliphatic rings. The predicted molar refractivity (Wildman–Crippen MR) is 119 cm³/mol. The van der Waals surface area contributed by atoms with Crippen molar-refractivity contribution >= 4 is 44.9 Å². The Balaban J connectivity index is 1.62. The van der Waals surface area contributed by atoms with Gasteiger partial charge in [-0.1, -0.05) is 23.7 Å². The topological polar surface area (TPSA) is 61.4 Å². The van der Waals surface area contributed by atoms with E-state index >= 15 is 0 Å². The summed E-state index contributed by atoms with van der Waals surface area (Å²) >= 11 is 7.37. The number of fused-ring (bicyclic) bond motifs is 1. The summed E-state index contributed by atoms with van der Waals surface area (Å²) in [5, 5.41) is 4.70. The van der Waals surface area contributed by atoms with Gasteiger partial charge in [-0.05, 0) is 44.2 Å². The fourth-order valence-electron chi connectivity index (χ4n) is 3.55. The number of piperazine rings is 1. The van der Waals surface area contributed by atoms with Gasteiger partial charge in [0.1, 0.15) is 16.5 Å². The summed E-state index contributed by atoms with van der Waals surface area (Å²) in [5.41, 5.74) is 1.96. The minimum Gasteiger partial charge on any atom is -0.353 e. The van der Waals surface area contributed by atoms with Crippen molar-refractivity contribution in [3.8, 4) is 0 Å². The SMILES string of the molecule is Cc1nc(N2CCN(C)CC2)c2c(C)c(C(=O)NCc3ccc(Cl)cc3)sc2n1. The Labute approximate surface area is 179 Å². The molecule has 1 fully saturated rings. The standard InChI is InChI=1S/C21H24ClN5OS/c1-13-17-19(27-10-8-26(3)9-11-27)24-14(2)25-21(17)29-18(13)20(28)23-12-15-4-6-16(22)7-5-15/h4-7H,8-12H2,1-3H3,(H,23,28). The van der Waals surface area contributed by atoms with Gasteiger partial charge in [-0.2, -0.15) is 0 Å². The molecule has 6 nitrogen and oxygen atoms in total. The Kier molecular flexibility index (Phi) is 5.72. The first-order chi connectivity index (χ1) is 13.9. The molecule has 3 aromatic rings. The van der Waals surface area contributed by atoms with E-state index in [1.54, 1.807) is 0 Å². The van der Waals surface area contributed by atoms with E-state index in [9.17, 15) is 4.79 Å². The van der Waals surface area contributed by atoms with Crippen molar-refractivity contribution in [3.05, 3.63) is 51.1 Å². The van der Waals surface area contributed by atoms with E-state index in [2.05, 4.69) is 27.1 Å². The first kappa shape index (κ1) is 20.1. The molecule has 8 heteroatoms. The van der Waals surface area contributed by atoms with Crippen LogP contribution < -0.4 is 10.2 Å². The van der Waals surface area contributed by atoms with Crippen molar-refractivity contribution in [3.63, 3.8) is 0 Å². The van der Waals surface area contributed by atoms with Crippen LogP contribution in [0.3, 0.4) is 0 Å². The van der Waals surface area contributed by atoms with Gasteiger partial charge in [-0.15, -0.1) is 11.3 Å². The molecule has 1 aliphatic heterocycles. The zero-order valence-corrected chi connectivity index (χ0v) is 18.4. The zero-order chi connectivity index (χ0) is 20.5. The van der Waals surface area contributed by atoms with Crippen LogP contribution in [0, 0.1) is 13.8 Å². The number of likely N-dealkylation sites (N-methyl/N-ethyl adjacent to an activating group) is 1. The molecular weight excluding hydrogens is 406 g/mol. The second-order valence-electron chi connectivity index (χ2n) is 7.43. The third-order valence-corrected chi connectivity index (χ3v) is 6.69. The lowest BCUT2D eigenvalue weighted by molar-refractivity contribution is 0.0954. The van der Waals surface area contributed by atoms with Crippen molar-refractivity contribution in [2.75, 3.05) is 38.1 Å². The molecule has 29 heavy (non-hydrogen) atoms. The quantitative estimate of drug-likeness (QED) is 0.686. The van der Waals surface area contributed by atoms with Crippen LogP contribution in [-0.4, -0.2) is 54.0 Å². The van der Waals surface area contributed by atoms with Crippen LogP contribution in [0.2, 0.25) is 5.02 Å². The number of halogens is 1. The Hall–Kier alpha value is -2.22. The highest BCUT2D eigenvalue weighted by molar-refractivity contribution is 7.20. The van der Waals surface area contributed by atoms with E-state index in [0.29, 0.717) is 16.4 Å². The van der Waals surface area contributed by atoms with Crippen molar-refractivity contribution in [2.24, 2.45) is 0 Å². The summed E-state index contributed by atoms with van der Waals surface area (Å²) in [4.78, 5) is 28.5. The third kappa shape index (κ3) is 4.22. The molecule has 0 aliphatic carbocycles. The molecule has 4 rings (SSSR count). The summed E-state index contributed by atoms with van der Waals surface area (Å²) in [6.45, 7) is 8.22. The van der Waals surface area contributed by atoms with Gasteiger partial charge in [0.2, 0.25) is 0 Å². The fourth-order valence-corrected chi connectivity index (χ4v) is 4.81. The highest BCUT2D eigenvalue weighted by Crippen LogP contribution is 2.35. The Morgan fingerprint density at radius 3 is 2.52 bits per heavy atom. The lowest BCUT2D eigenvalue weighted by Crippen LogP contribution is -2.45. The van der Waals surface area contributed by atoms with Crippen LogP contribution >= 0.6 is 22.9 Å². The van der Waals surface area contributed by atoms with Gasteiger partial charge in [-0.25, -0.2) is 9.97 Å².